The van der Waals surface area contributed by atoms with Crippen molar-refractivity contribution in [2.24, 2.45) is 0 Å². The summed E-state index contributed by atoms with van der Waals surface area (Å²) in [5.41, 5.74) is 0.137. The molecule has 1 aliphatic heterocycles. The number of aliphatic carboxylic acids is 1. The van der Waals surface area contributed by atoms with Crippen LogP contribution in [0.25, 0.3) is 0 Å². The van der Waals surface area contributed by atoms with Crippen molar-refractivity contribution in [1.29, 1.82) is 0 Å². The van der Waals surface area contributed by atoms with Crippen molar-refractivity contribution >= 4 is 11.9 Å². The number of hydrogen-bond acceptors (Lipinski definition) is 3. The first kappa shape index (κ1) is 17.3. The van der Waals surface area contributed by atoms with Gasteiger partial charge in [0.15, 0.2) is 6.61 Å². The van der Waals surface area contributed by atoms with Crippen molar-refractivity contribution in [3.05, 3.63) is 29.8 Å². The molecule has 0 radical (unpaired) electrons. The van der Waals surface area contributed by atoms with Gasteiger partial charge in [0.2, 0.25) is 0 Å². The highest BCUT2D eigenvalue weighted by molar-refractivity contribution is 5.88. The average Bonchev–Trinajstić information content (AvgIpc) is 2.88. The second-order valence-corrected chi connectivity index (χ2v) is 7.29. The summed E-state index contributed by atoms with van der Waals surface area (Å²) >= 11 is 0. The van der Waals surface area contributed by atoms with E-state index < -0.39 is 11.5 Å². The molecular weight excluding hydrogens is 294 g/mol. The van der Waals surface area contributed by atoms with E-state index in [9.17, 15) is 14.7 Å². The third-order valence-corrected chi connectivity index (χ3v) is 4.49. The quantitative estimate of drug-likeness (QED) is 0.926. The minimum absolute atomic E-state index is 0.0627. The largest absolute Gasteiger partial charge is 0.484 e. The summed E-state index contributed by atoms with van der Waals surface area (Å²) in [4.78, 5) is 25.1. The van der Waals surface area contributed by atoms with E-state index in [1.165, 1.54) is 10.5 Å². The van der Waals surface area contributed by atoms with E-state index >= 15 is 0 Å². The van der Waals surface area contributed by atoms with Crippen LogP contribution in [-0.4, -0.2) is 40.6 Å². The first-order chi connectivity index (χ1) is 10.6. The van der Waals surface area contributed by atoms with Gasteiger partial charge in [0.25, 0.3) is 5.91 Å². The lowest BCUT2D eigenvalue weighted by atomic mass is 9.87. The smallest absolute Gasteiger partial charge is 0.329 e. The van der Waals surface area contributed by atoms with Crippen molar-refractivity contribution in [3.8, 4) is 5.75 Å². The molecule has 0 aliphatic carbocycles. The van der Waals surface area contributed by atoms with Crippen molar-refractivity contribution < 1.29 is 19.4 Å². The van der Waals surface area contributed by atoms with Crippen molar-refractivity contribution in [1.82, 2.24) is 4.90 Å². The molecule has 1 aliphatic rings. The Balaban J connectivity index is 1.98. The van der Waals surface area contributed by atoms with Crippen LogP contribution in [0.1, 0.15) is 46.1 Å². The molecule has 1 atom stereocenters. The van der Waals surface area contributed by atoms with E-state index in [0.717, 1.165) is 0 Å². The van der Waals surface area contributed by atoms with E-state index in [-0.39, 0.29) is 17.9 Å². The van der Waals surface area contributed by atoms with Gasteiger partial charge in [0, 0.05) is 6.54 Å². The number of hydrogen-bond donors (Lipinski definition) is 1. The standard InChI is InChI=1S/C18H25NO4/c1-17(2,3)13-6-8-14(9-7-13)23-12-15(20)19-11-5-10-18(19,4)16(21)22/h6-9H,5,10-12H2,1-4H3,(H,21,22). The van der Waals surface area contributed by atoms with Crippen LogP contribution in [0, 0.1) is 0 Å². The highest BCUT2D eigenvalue weighted by atomic mass is 16.5. The molecular formula is C18H25NO4. The lowest BCUT2D eigenvalue weighted by Crippen LogP contribution is -2.52. The molecule has 0 aromatic heterocycles. The summed E-state index contributed by atoms with van der Waals surface area (Å²) in [5, 5.41) is 9.35. The minimum atomic E-state index is -1.11. The molecule has 1 aromatic rings. The number of carbonyl (C=O) groups is 2. The van der Waals surface area contributed by atoms with E-state index in [2.05, 4.69) is 20.8 Å². The fraction of sp³-hybridized carbons (Fsp3) is 0.556. The zero-order chi connectivity index (χ0) is 17.3. The van der Waals surface area contributed by atoms with Gasteiger partial charge in [-0.25, -0.2) is 4.79 Å². The van der Waals surface area contributed by atoms with Gasteiger partial charge in [-0.2, -0.15) is 0 Å². The summed E-state index contributed by atoms with van der Waals surface area (Å²) in [5.74, 6) is -0.632. The zero-order valence-electron chi connectivity index (χ0n) is 14.3. The molecule has 126 valence electrons. The van der Waals surface area contributed by atoms with E-state index in [1.54, 1.807) is 6.92 Å². The van der Waals surface area contributed by atoms with Crippen LogP contribution in [0.4, 0.5) is 0 Å². The third-order valence-electron chi connectivity index (χ3n) is 4.49. The molecule has 1 heterocycles. The Labute approximate surface area is 137 Å². The van der Waals surface area contributed by atoms with Crippen LogP contribution in [0.15, 0.2) is 24.3 Å². The van der Waals surface area contributed by atoms with Gasteiger partial charge in [-0.05, 0) is 42.9 Å². The van der Waals surface area contributed by atoms with Crippen LogP contribution >= 0.6 is 0 Å². The molecule has 1 N–H and O–H groups in total. The number of carbonyl (C=O) groups excluding carboxylic acids is 1. The number of carboxylic acids is 1. The number of rotatable bonds is 4. The summed E-state index contributed by atoms with van der Waals surface area (Å²) in [6.07, 6.45) is 1.18. The molecule has 1 saturated heterocycles. The molecule has 1 aromatic carbocycles. The fourth-order valence-electron chi connectivity index (χ4n) is 2.86. The Morgan fingerprint density at radius 2 is 1.87 bits per heavy atom. The molecule has 0 bridgehead atoms. The van der Waals surface area contributed by atoms with E-state index in [1.807, 2.05) is 24.3 Å². The molecule has 0 spiro atoms. The first-order valence-corrected chi connectivity index (χ1v) is 7.92. The van der Waals surface area contributed by atoms with Crippen LogP contribution < -0.4 is 4.74 Å². The Morgan fingerprint density at radius 1 is 1.26 bits per heavy atom. The van der Waals surface area contributed by atoms with Gasteiger partial charge in [-0.1, -0.05) is 32.9 Å². The zero-order valence-corrected chi connectivity index (χ0v) is 14.3. The molecule has 5 heteroatoms. The molecule has 23 heavy (non-hydrogen) atoms. The summed E-state index contributed by atoms with van der Waals surface area (Å²) in [6, 6.07) is 7.65. The number of nitrogens with zero attached hydrogens (tertiary/aromatic N) is 1. The molecule has 1 unspecified atom stereocenters. The predicted octanol–water partition coefficient (Wildman–Crippen LogP) is 2.83. The van der Waals surface area contributed by atoms with Gasteiger partial charge in [-0.15, -0.1) is 0 Å². The molecule has 5 nitrogen and oxygen atoms in total. The minimum Gasteiger partial charge on any atom is -0.484 e. The average molecular weight is 319 g/mol. The van der Waals surface area contributed by atoms with E-state index in [0.29, 0.717) is 25.1 Å². The van der Waals surface area contributed by atoms with Gasteiger partial charge < -0.3 is 14.7 Å². The number of likely N-dealkylation sites (tertiary alicyclic amines) is 1. The second kappa shape index (κ2) is 6.22. The Bertz CT molecular complexity index is 588. The van der Waals surface area contributed by atoms with Crippen molar-refractivity contribution in [2.75, 3.05) is 13.2 Å². The van der Waals surface area contributed by atoms with E-state index in [4.69, 9.17) is 4.74 Å². The molecule has 1 fully saturated rings. The van der Waals surface area contributed by atoms with Gasteiger partial charge in [0.1, 0.15) is 11.3 Å². The SMILES string of the molecule is CC(C)(C)c1ccc(OCC(=O)N2CCCC2(C)C(=O)O)cc1. The Morgan fingerprint density at radius 3 is 2.39 bits per heavy atom. The molecule has 2 rings (SSSR count). The lowest BCUT2D eigenvalue weighted by molar-refractivity contribution is -0.156. The maximum Gasteiger partial charge on any atom is 0.329 e. The predicted molar refractivity (Wildman–Crippen MR) is 87.6 cm³/mol. The fourth-order valence-corrected chi connectivity index (χ4v) is 2.86. The number of benzene rings is 1. The third kappa shape index (κ3) is 3.66. The normalized spacial score (nSPS) is 21.3. The van der Waals surface area contributed by atoms with Gasteiger partial charge in [0.05, 0.1) is 0 Å². The maximum absolute atomic E-state index is 12.3. The summed E-state index contributed by atoms with van der Waals surface area (Å²) in [7, 11) is 0. The summed E-state index contributed by atoms with van der Waals surface area (Å²) in [6.45, 7) is 8.32. The number of amides is 1. The molecule has 1 amide bonds. The first-order valence-electron chi connectivity index (χ1n) is 7.92. The van der Waals surface area contributed by atoms with Crippen molar-refractivity contribution in [3.63, 3.8) is 0 Å². The topological polar surface area (TPSA) is 66.8 Å². The van der Waals surface area contributed by atoms with Gasteiger partial charge in [-0.3, -0.25) is 4.79 Å². The Hall–Kier alpha value is -2.04. The van der Waals surface area contributed by atoms with Crippen LogP contribution in [0.2, 0.25) is 0 Å². The number of carboxylic acid groups (broad SMARTS) is 1. The second-order valence-electron chi connectivity index (χ2n) is 7.29. The Kier molecular flexibility index (Phi) is 4.68. The molecule has 0 saturated carbocycles. The van der Waals surface area contributed by atoms with Crippen LogP contribution in [0.5, 0.6) is 5.75 Å². The van der Waals surface area contributed by atoms with Crippen LogP contribution in [-0.2, 0) is 15.0 Å². The summed E-state index contributed by atoms with van der Waals surface area (Å²) < 4.78 is 5.54. The van der Waals surface area contributed by atoms with Gasteiger partial charge >= 0.3 is 5.97 Å². The van der Waals surface area contributed by atoms with Crippen molar-refractivity contribution in [2.45, 2.75) is 51.5 Å². The highest BCUT2D eigenvalue weighted by Gasteiger charge is 2.45. The number of ether oxygens (including phenoxy) is 1. The lowest BCUT2D eigenvalue weighted by Gasteiger charge is -2.31. The highest BCUT2D eigenvalue weighted by Crippen LogP contribution is 2.29. The van der Waals surface area contributed by atoms with Crippen LogP contribution in [0.3, 0.4) is 0 Å². The monoisotopic (exact) mass is 319 g/mol. The maximum atomic E-state index is 12.3.